The molecule has 1 heterocycles. The zero-order valence-corrected chi connectivity index (χ0v) is 14.7. The SMILES string of the molecule is Cc1nc(-c2cccc(NC(=O)Nc3ccc(C)c(C)c3)c2)cs1. The Bertz CT molecular complexity index is 886. The summed E-state index contributed by atoms with van der Waals surface area (Å²) >= 11 is 1.61. The van der Waals surface area contributed by atoms with Crippen LogP contribution in [0.3, 0.4) is 0 Å². The fourth-order valence-corrected chi connectivity index (χ4v) is 2.99. The van der Waals surface area contributed by atoms with Crippen molar-refractivity contribution in [3.05, 3.63) is 64.0 Å². The topological polar surface area (TPSA) is 54.0 Å². The highest BCUT2D eigenvalue weighted by Crippen LogP contribution is 2.24. The number of nitrogens with one attached hydrogen (secondary N) is 2. The van der Waals surface area contributed by atoms with Gasteiger partial charge < -0.3 is 10.6 Å². The first kappa shape index (κ1) is 16.2. The maximum absolute atomic E-state index is 12.2. The van der Waals surface area contributed by atoms with Crippen molar-refractivity contribution in [3.8, 4) is 11.3 Å². The Morgan fingerprint density at radius 3 is 2.38 bits per heavy atom. The molecule has 0 fully saturated rings. The van der Waals surface area contributed by atoms with Crippen LogP contribution in [0.5, 0.6) is 0 Å². The molecule has 2 aromatic carbocycles. The normalized spacial score (nSPS) is 10.5. The molecule has 1 aromatic heterocycles. The van der Waals surface area contributed by atoms with E-state index in [-0.39, 0.29) is 6.03 Å². The molecule has 0 unspecified atom stereocenters. The minimum atomic E-state index is -0.259. The number of rotatable bonds is 3. The first-order valence-electron chi connectivity index (χ1n) is 7.69. The van der Waals surface area contributed by atoms with Gasteiger partial charge in [0.15, 0.2) is 0 Å². The van der Waals surface area contributed by atoms with Crippen LogP contribution in [0, 0.1) is 20.8 Å². The number of urea groups is 1. The van der Waals surface area contributed by atoms with Crippen LogP contribution < -0.4 is 10.6 Å². The van der Waals surface area contributed by atoms with Gasteiger partial charge in [-0.15, -0.1) is 11.3 Å². The highest BCUT2D eigenvalue weighted by atomic mass is 32.1. The average Bonchev–Trinajstić information content (AvgIpc) is 2.98. The van der Waals surface area contributed by atoms with Gasteiger partial charge in [-0.2, -0.15) is 0 Å². The number of thiazole rings is 1. The minimum Gasteiger partial charge on any atom is -0.308 e. The van der Waals surface area contributed by atoms with Crippen molar-refractivity contribution in [2.75, 3.05) is 10.6 Å². The molecule has 4 nitrogen and oxygen atoms in total. The van der Waals surface area contributed by atoms with Gasteiger partial charge in [-0.3, -0.25) is 0 Å². The molecule has 0 spiro atoms. The summed E-state index contributed by atoms with van der Waals surface area (Å²) < 4.78 is 0. The first-order valence-corrected chi connectivity index (χ1v) is 8.57. The van der Waals surface area contributed by atoms with Crippen molar-refractivity contribution >= 4 is 28.7 Å². The second-order valence-corrected chi connectivity index (χ2v) is 6.77. The summed E-state index contributed by atoms with van der Waals surface area (Å²) in [5.74, 6) is 0. The standard InChI is InChI=1S/C19H19N3OS/c1-12-7-8-17(9-13(12)2)22-19(23)21-16-6-4-5-15(10-16)18-11-24-14(3)20-18/h4-11H,1-3H3,(H2,21,22,23). The van der Waals surface area contributed by atoms with E-state index >= 15 is 0 Å². The number of nitrogens with zero attached hydrogens (tertiary/aromatic N) is 1. The number of hydrogen-bond donors (Lipinski definition) is 2. The zero-order chi connectivity index (χ0) is 17.1. The second-order valence-electron chi connectivity index (χ2n) is 5.71. The summed E-state index contributed by atoms with van der Waals surface area (Å²) in [5.41, 5.74) is 5.78. The molecule has 2 N–H and O–H groups in total. The van der Waals surface area contributed by atoms with E-state index in [4.69, 9.17) is 0 Å². The van der Waals surface area contributed by atoms with Crippen molar-refractivity contribution in [2.24, 2.45) is 0 Å². The number of hydrogen-bond acceptors (Lipinski definition) is 3. The summed E-state index contributed by atoms with van der Waals surface area (Å²) in [6.07, 6.45) is 0. The summed E-state index contributed by atoms with van der Waals surface area (Å²) in [7, 11) is 0. The molecule has 0 aliphatic rings. The second kappa shape index (κ2) is 6.84. The van der Waals surface area contributed by atoms with Gasteiger partial charge in [0.05, 0.1) is 10.7 Å². The molecule has 0 saturated carbocycles. The van der Waals surface area contributed by atoms with Gasteiger partial charge in [0, 0.05) is 22.3 Å². The highest BCUT2D eigenvalue weighted by Gasteiger charge is 2.06. The van der Waals surface area contributed by atoms with Crippen LogP contribution in [0.25, 0.3) is 11.3 Å². The van der Waals surface area contributed by atoms with Crippen molar-refractivity contribution < 1.29 is 4.79 Å². The third-order valence-electron chi connectivity index (χ3n) is 3.80. The predicted molar refractivity (Wildman–Crippen MR) is 101 cm³/mol. The lowest BCUT2D eigenvalue weighted by Gasteiger charge is -2.10. The average molecular weight is 337 g/mol. The Kier molecular flexibility index (Phi) is 4.62. The van der Waals surface area contributed by atoms with Crippen molar-refractivity contribution in [3.63, 3.8) is 0 Å². The molecule has 0 aliphatic heterocycles. The minimum absolute atomic E-state index is 0.259. The van der Waals surface area contributed by atoms with E-state index in [0.29, 0.717) is 0 Å². The molecule has 3 aromatic rings. The van der Waals surface area contributed by atoms with Crippen LogP contribution >= 0.6 is 11.3 Å². The van der Waals surface area contributed by atoms with Crippen LogP contribution in [0.15, 0.2) is 47.8 Å². The Balaban J connectivity index is 1.71. The fourth-order valence-electron chi connectivity index (χ4n) is 2.36. The Morgan fingerprint density at radius 1 is 0.958 bits per heavy atom. The lowest BCUT2D eigenvalue weighted by Crippen LogP contribution is -2.19. The molecule has 0 aliphatic carbocycles. The zero-order valence-electron chi connectivity index (χ0n) is 13.9. The number of carbonyl (C=O) groups excluding carboxylic acids is 1. The Morgan fingerprint density at radius 2 is 1.71 bits per heavy atom. The molecule has 24 heavy (non-hydrogen) atoms. The maximum Gasteiger partial charge on any atom is 0.323 e. The summed E-state index contributed by atoms with van der Waals surface area (Å²) in [6.45, 7) is 6.05. The van der Waals surface area contributed by atoms with E-state index < -0.39 is 0 Å². The maximum atomic E-state index is 12.2. The predicted octanol–water partition coefficient (Wildman–Crippen LogP) is 5.38. The molecular weight excluding hydrogens is 318 g/mol. The Hall–Kier alpha value is -2.66. The van der Waals surface area contributed by atoms with Crippen molar-refractivity contribution in [1.82, 2.24) is 4.98 Å². The summed E-state index contributed by atoms with van der Waals surface area (Å²) in [6, 6.07) is 13.3. The summed E-state index contributed by atoms with van der Waals surface area (Å²) in [5, 5.41) is 8.77. The van der Waals surface area contributed by atoms with Crippen LogP contribution in [0.2, 0.25) is 0 Å². The molecule has 0 bridgehead atoms. The van der Waals surface area contributed by atoms with Crippen LogP contribution in [0.4, 0.5) is 16.2 Å². The third-order valence-corrected chi connectivity index (χ3v) is 4.57. The van der Waals surface area contributed by atoms with Gasteiger partial charge in [0.1, 0.15) is 0 Å². The van der Waals surface area contributed by atoms with E-state index in [0.717, 1.165) is 33.2 Å². The van der Waals surface area contributed by atoms with Gasteiger partial charge in [-0.25, -0.2) is 9.78 Å². The molecule has 122 valence electrons. The number of aromatic nitrogens is 1. The highest BCUT2D eigenvalue weighted by molar-refractivity contribution is 7.09. The van der Waals surface area contributed by atoms with E-state index in [9.17, 15) is 4.79 Å². The fraction of sp³-hybridized carbons (Fsp3) is 0.158. The number of aryl methyl sites for hydroxylation is 3. The van der Waals surface area contributed by atoms with E-state index in [2.05, 4.69) is 15.6 Å². The van der Waals surface area contributed by atoms with Crippen LogP contribution in [0.1, 0.15) is 16.1 Å². The number of carbonyl (C=O) groups is 1. The molecular formula is C19H19N3OS. The van der Waals surface area contributed by atoms with Crippen LogP contribution in [-0.4, -0.2) is 11.0 Å². The van der Waals surface area contributed by atoms with Crippen molar-refractivity contribution in [2.45, 2.75) is 20.8 Å². The van der Waals surface area contributed by atoms with Gasteiger partial charge in [0.25, 0.3) is 0 Å². The number of anilines is 2. The number of benzene rings is 2. The van der Waals surface area contributed by atoms with Gasteiger partial charge in [-0.1, -0.05) is 18.2 Å². The number of amides is 2. The van der Waals surface area contributed by atoms with Crippen LogP contribution in [-0.2, 0) is 0 Å². The van der Waals surface area contributed by atoms with E-state index in [1.807, 2.05) is 68.6 Å². The summed E-state index contributed by atoms with van der Waals surface area (Å²) in [4.78, 5) is 16.7. The van der Waals surface area contributed by atoms with Gasteiger partial charge >= 0.3 is 6.03 Å². The lowest BCUT2D eigenvalue weighted by atomic mass is 10.1. The monoisotopic (exact) mass is 337 g/mol. The molecule has 0 atom stereocenters. The molecule has 2 amide bonds. The van der Waals surface area contributed by atoms with Crippen molar-refractivity contribution in [1.29, 1.82) is 0 Å². The van der Waals surface area contributed by atoms with Gasteiger partial charge in [-0.05, 0) is 56.2 Å². The molecule has 5 heteroatoms. The quantitative estimate of drug-likeness (QED) is 0.674. The molecule has 0 saturated heterocycles. The van der Waals surface area contributed by atoms with E-state index in [1.165, 1.54) is 5.56 Å². The first-order chi connectivity index (χ1) is 11.5. The molecule has 3 rings (SSSR count). The third kappa shape index (κ3) is 3.81. The lowest BCUT2D eigenvalue weighted by molar-refractivity contribution is 0.262. The van der Waals surface area contributed by atoms with E-state index in [1.54, 1.807) is 11.3 Å². The molecule has 0 radical (unpaired) electrons. The Labute approximate surface area is 145 Å². The largest absolute Gasteiger partial charge is 0.323 e. The van der Waals surface area contributed by atoms with Gasteiger partial charge in [0.2, 0.25) is 0 Å². The smallest absolute Gasteiger partial charge is 0.308 e.